The molecule has 3 rings (SSSR count). The minimum absolute atomic E-state index is 0.310. The minimum atomic E-state index is 0.310. The third kappa shape index (κ3) is 7.54. The average molecular weight is 437 g/mol. The minimum Gasteiger partial charge on any atom is -0.343 e. The van der Waals surface area contributed by atoms with Crippen molar-refractivity contribution in [2.75, 3.05) is 5.32 Å². The van der Waals surface area contributed by atoms with Gasteiger partial charge in [0.2, 0.25) is 0 Å². The standard InChI is InChI=1S/C31H36N2/c1-23(2)31(21-24(3)29-16-10-7-11-17-29)25(4)32-26(5)33-30-18-12-15-28(22-30)20-19-27-13-8-6-9-14-27/h6-18,21-24,32-33H,4-5,19-20H2,1-3H3/b31-21+. The van der Waals surface area contributed by atoms with Gasteiger partial charge >= 0.3 is 0 Å². The fourth-order valence-electron chi connectivity index (χ4n) is 3.96. The summed E-state index contributed by atoms with van der Waals surface area (Å²) in [5, 5.41) is 6.77. The zero-order valence-electron chi connectivity index (χ0n) is 20.1. The van der Waals surface area contributed by atoms with Gasteiger partial charge in [-0.1, -0.05) is 113 Å². The van der Waals surface area contributed by atoms with Gasteiger partial charge in [0.1, 0.15) is 5.82 Å². The molecule has 170 valence electrons. The Labute approximate surface area is 199 Å². The molecule has 0 aromatic heterocycles. The van der Waals surface area contributed by atoms with Crippen molar-refractivity contribution >= 4 is 5.69 Å². The highest BCUT2D eigenvalue weighted by atomic mass is 15.1. The van der Waals surface area contributed by atoms with Crippen LogP contribution in [-0.2, 0) is 12.8 Å². The first-order valence-electron chi connectivity index (χ1n) is 11.7. The van der Waals surface area contributed by atoms with E-state index in [0.717, 1.165) is 30.0 Å². The smallest absolute Gasteiger partial charge is 0.100 e. The molecule has 0 saturated heterocycles. The summed E-state index contributed by atoms with van der Waals surface area (Å²) in [5.74, 6) is 1.38. The fraction of sp³-hybridized carbons (Fsp3) is 0.226. The van der Waals surface area contributed by atoms with Crippen molar-refractivity contribution in [1.29, 1.82) is 0 Å². The van der Waals surface area contributed by atoms with Crippen LogP contribution in [0.2, 0.25) is 0 Å². The molecule has 0 aliphatic heterocycles. The van der Waals surface area contributed by atoms with E-state index in [9.17, 15) is 0 Å². The molecule has 0 bridgehead atoms. The van der Waals surface area contributed by atoms with Crippen LogP contribution < -0.4 is 10.6 Å². The van der Waals surface area contributed by atoms with E-state index in [1.54, 1.807) is 0 Å². The molecule has 2 nitrogen and oxygen atoms in total. The number of hydrogen-bond acceptors (Lipinski definition) is 2. The first-order chi connectivity index (χ1) is 15.9. The molecule has 0 aliphatic rings. The third-order valence-corrected chi connectivity index (χ3v) is 5.79. The highest BCUT2D eigenvalue weighted by Gasteiger charge is 2.12. The van der Waals surface area contributed by atoms with E-state index in [4.69, 9.17) is 0 Å². The molecule has 0 radical (unpaired) electrons. The zero-order chi connectivity index (χ0) is 23.6. The summed E-state index contributed by atoms with van der Waals surface area (Å²) >= 11 is 0. The normalized spacial score (nSPS) is 12.3. The molecule has 33 heavy (non-hydrogen) atoms. The van der Waals surface area contributed by atoms with Gasteiger partial charge in [-0.15, -0.1) is 0 Å². The molecule has 0 saturated carbocycles. The molecular formula is C31H36N2. The van der Waals surface area contributed by atoms with E-state index in [0.29, 0.717) is 11.8 Å². The van der Waals surface area contributed by atoms with Gasteiger partial charge in [-0.05, 0) is 59.1 Å². The molecule has 1 unspecified atom stereocenters. The predicted octanol–water partition coefficient (Wildman–Crippen LogP) is 7.84. The lowest BCUT2D eigenvalue weighted by Gasteiger charge is -2.21. The Bertz CT molecular complexity index is 1080. The van der Waals surface area contributed by atoms with Gasteiger partial charge in [0.25, 0.3) is 0 Å². The van der Waals surface area contributed by atoms with E-state index < -0.39 is 0 Å². The van der Waals surface area contributed by atoms with Crippen LogP contribution in [0.1, 0.15) is 43.4 Å². The molecule has 0 spiro atoms. The molecular weight excluding hydrogens is 400 g/mol. The van der Waals surface area contributed by atoms with E-state index >= 15 is 0 Å². The highest BCUT2D eigenvalue weighted by molar-refractivity contribution is 5.50. The summed E-state index contributed by atoms with van der Waals surface area (Å²) < 4.78 is 0. The monoisotopic (exact) mass is 436 g/mol. The van der Waals surface area contributed by atoms with E-state index in [1.165, 1.54) is 22.3 Å². The first-order valence-corrected chi connectivity index (χ1v) is 11.7. The van der Waals surface area contributed by atoms with Crippen molar-refractivity contribution in [3.8, 4) is 0 Å². The number of rotatable bonds is 11. The summed E-state index contributed by atoms with van der Waals surface area (Å²) in [6.45, 7) is 15.1. The lowest BCUT2D eigenvalue weighted by atomic mass is 9.92. The number of nitrogens with one attached hydrogen (secondary N) is 2. The number of allylic oxidation sites excluding steroid dienone is 2. The molecule has 2 N–H and O–H groups in total. The van der Waals surface area contributed by atoms with Gasteiger partial charge < -0.3 is 10.6 Å². The second-order valence-electron chi connectivity index (χ2n) is 8.87. The Morgan fingerprint density at radius 3 is 2.06 bits per heavy atom. The maximum Gasteiger partial charge on any atom is 0.100 e. The summed E-state index contributed by atoms with van der Waals surface area (Å²) in [6.07, 6.45) is 4.33. The Morgan fingerprint density at radius 1 is 0.788 bits per heavy atom. The third-order valence-electron chi connectivity index (χ3n) is 5.79. The Kier molecular flexibility index (Phi) is 8.71. The van der Waals surface area contributed by atoms with Gasteiger partial charge in [-0.25, -0.2) is 0 Å². The van der Waals surface area contributed by atoms with Crippen LogP contribution in [0.3, 0.4) is 0 Å². The molecule has 0 fully saturated rings. The van der Waals surface area contributed by atoms with Crippen LogP contribution in [0.5, 0.6) is 0 Å². The molecule has 0 heterocycles. The lowest BCUT2D eigenvalue weighted by Crippen LogP contribution is -2.20. The summed E-state index contributed by atoms with van der Waals surface area (Å²) in [6, 6.07) is 29.7. The second kappa shape index (κ2) is 11.9. The molecule has 2 heteroatoms. The van der Waals surface area contributed by atoms with E-state index in [2.05, 4.69) is 136 Å². The summed E-state index contributed by atoms with van der Waals surface area (Å²) in [5.41, 5.74) is 7.06. The zero-order valence-corrected chi connectivity index (χ0v) is 20.1. The fourth-order valence-corrected chi connectivity index (χ4v) is 3.96. The quantitative estimate of drug-likeness (QED) is 0.299. The summed E-state index contributed by atoms with van der Waals surface area (Å²) in [4.78, 5) is 0. The lowest BCUT2D eigenvalue weighted by molar-refractivity contribution is 0.742. The summed E-state index contributed by atoms with van der Waals surface area (Å²) in [7, 11) is 0. The van der Waals surface area contributed by atoms with Gasteiger partial charge in [0.15, 0.2) is 0 Å². The maximum atomic E-state index is 4.30. The van der Waals surface area contributed by atoms with Crippen LogP contribution in [-0.4, -0.2) is 0 Å². The van der Waals surface area contributed by atoms with Gasteiger partial charge in [0, 0.05) is 11.4 Å². The number of hydrogen-bond donors (Lipinski definition) is 2. The Balaban J connectivity index is 1.60. The second-order valence-corrected chi connectivity index (χ2v) is 8.87. The van der Waals surface area contributed by atoms with Crippen LogP contribution in [0, 0.1) is 5.92 Å². The van der Waals surface area contributed by atoms with Crippen LogP contribution >= 0.6 is 0 Å². The van der Waals surface area contributed by atoms with E-state index in [-0.39, 0.29) is 0 Å². The molecule has 0 amide bonds. The predicted molar refractivity (Wildman–Crippen MR) is 143 cm³/mol. The molecule has 1 atom stereocenters. The number of aryl methyl sites for hydroxylation is 2. The SMILES string of the molecule is C=C(NC(=C)/C(=C/C(C)c1ccccc1)C(C)C)Nc1cccc(CCc2ccccc2)c1. The maximum absolute atomic E-state index is 4.30. The largest absolute Gasteiger partial charge is 0.343 e. The van der Waals surface area contributed by atoms with Crippen molar-refractivity contribution in [2.24, 2.45) is 5.92 Å². The topological polar surface area (TPSA) is 24.1 Å². The Hall–Kier alpha value is -3.52. The number of anilines is 1. The van der Waals surface area contributed by atoms with Gasteiger partial charge in [-0.2, -0.15) is 0 Å². The molecule has 0 aliphatic carbocycles. The average Bonchev–Trinajstić information content (AvgIpc) is 2.82. The van der Waals surface area contributed by atoms with E-state index in [1.807, 2.05) is 0 Å². The first kappa shape index (κ1) is 24.1. The highest BCUT2D eigenvalue weighted by Crippen LogP contribution is 2.25. The van der Waals surface area contributed by atoms with Crippen LogP contribution in [0.4, 0.5) is 5.69 Å². The number of benzene rings is 3. The Morgan fingerprint density at radius 2 is 1.39 bits per heavy atom. The van der Waals surface area contributed by atoms with Crippen molar-refractivity contribution in [1.82, 2.24) is 5.32 Å². The van der Waals surface area contributed by atoms with Crippen LogP contribution in [0.15, 0.2) is 121 Å². The molecule has 3 aromatic carbocycles. The van der Waals surface area contributed by atoms with Gasteiger partial charge in [0.05, 0.1) is 0 Å². The van der Waals surface area contributed by atoms with Crippen LogP contribution in [0.25, 0.3) is 0 Å². The molecule has 3 aromatic rings. The van der Waals surface area contributed by atoms with Crippen molar-refractivity contribution < 1.29 is 0 Å². The van der Waals surface area contributed by atoms with Gasteiger partial charge in [-0.3, -0.25) is 0 Å². The van der Waals surface area contributed by atoms with Crippen molar-refractivity contribution in [3.63, 3.8) is 0 Å². The van der Waals surface area contributed by atoms with Crippen molar-refractivity contribution in [3.05, 3.63) is 138 Å². The van der Waals surface area contributed by atoms with Crippen molar-refractivity contribution in [2.45, 2.75) is 39.5 Å².